The van der Waals surface area contributed by atoms with Crippen molar-refractivity contribution in [3.63, 3.8) is 0 Å². The van der Waals surface area contributed by atoms with Gasteiger partial charge < -0.3 is 14.2 Å². The average Bonchev–Trinajstić information content (AvgIpc) is 2.17. The molecule has 1 atom stereocenters. The van der Waals surface area contributed by atoms with Gasteiger partial charge in [0.1, 0.15) is 6.61 Å². The normalized spacial score (nSPS) is 11.4. The summed E-state index contributed by atoms with van der Waals surface area (Å²) < 4.78 is 13.4. The second-order valence-corrected chi connectivity index (χ2v) is 3.05. The first-order chi connectivity index (χ1) is 7.38. The van der Waals surface area contributed by atoms with E-state index in [4.69, 9.17) is 0 Å². The van der Waals surface area contributed by atoms with Crippen LogP contribution in [-0.2, 0) is 28.6 Å². The lowest BCUT2D eigenvalue weighted by atomic mass is 10.3. The van der Waals surface area contributed by atoms with E-state index >= 15 is 0 Å². The lowest BCUT2D eigenvalue weighted by Crippen LogP contribution is -2.29. The lowest BCUT2D eigenvalue weighted by Gasteiger charge is -2.11. The molecule has 0 saturated heterocycles. The highest BCUT2D eigenvalue weighted by Crippen LogP contribution is 2.00. The summed E-state index contributed by atoms with van der Waals surface area (Å²) >= 11 is 0. The molecule has 0 spiro atoms. The fourth-order valence-corrected chi connectivity index (χ4v) is 0.652. The van der Waals surface area contributed by atoms with Gasteiger partial charge in [-0.25, -0.2) is 14.4 Å². The Hall–Kier alpha value is -1.69. The van der Waals surface area contributed by atoms with E-state index in [1.807, 2.05) is 0 Å². The van der Waals surface area contributed by atoms with Gasteiger partial charge in [0.15, 0.2) is 6.10 Å². The van der Waals surface area contributed by atoms with Gasteiger partial charge in [-0.2, -0.15) is 0 Å². The summed E-state index contributed by atoms with van der Waals surface area (Å²) in [5, 5.41) is 0. The Morgan fingerprint density at radius 3 is 2.31 bits per heavy atom. The van der Waals surface area contributed by atoms with Gasteiger partial charge in [0.25, 0.3) is 0 Å². The summed E-state index contributed by atoms with van der Waals surface area (Å²) in [6.07, 6.45) is -1.16. The van der Waals surface area contributed by atoms with Crippen LogP contribution in [-0.4, -0.2) is 37.7 Å². The molecule has 0 aromatic heterocycles. The van der Waals surface area contributed by atoms with Crippen molar-refractivity contribution >= 4 is 17.9 Å². The van der Waals surface area contributed by atoms with Crippen molar-refractivity contribution in [1.29, 1.82) is 0 Å². The molecule has 0 fully saturated rings. The van der Waals surface area contributed by atoms with Crippen LogP contribution in [0.3, 0.4) is 0 Å². The summed E-state index contributed by atoms with van der Waals surface area (Å²) in [6, 6.07) is 0. The van der Waals surface area contributed by atoms with Crippen LogP contribution in [0.1, 0.15) is 13.8 Å². The van der Waals surface area contributed by atoms with Gasteiger partial charge in [-0.3, -0.25) is 0 Å². The van der Waals surface area contributed by atoms with Gasteiger partial charge in [0, 0.05) is 12.7 Å². The van der Waals surface area contributed by atoms with Crippen LogP contribution in [0.25, 0.3) is 0 Å². The quantitative estimate of drug-likeness (QED) is 0.381. The smallest absolute Gasteiger partial charge is 0.354 e. The standard InChI is InChI=1S/C10H14O6/c1-6(2)9(12)15-7(3)10(13)16-8(11)5-14-4/h7H,1,5H2,2-4H3. The van der Waals surface area contributed by atoms with Gasteiger partial charge in [-0.1, -0.05) is 6.58 Å². The number of methoxy groups -OCH3 is 1. The van der Waals surface area contributed by atoms with Gasteiger partial charge in [0.05, 0.1) is 0 Å². The number of hydrogen-bond acceptors (Lipinski definition) is 6. The molecule has 16 heavy (non-hydrogen) atoms. The Balaban J connectivity index is 4.14. The Morgan fingerprint density at radius 1 is 1.31 bits per heavy atom. The second kappa shape index (κ2) is 6.73. The van der Waals surface area contributed by atoms with E-state index in [1.165, 1.54) is 21.0 Å². The Bertz CT molecular complexity index is 306. The number of carbonyl (C=O) groups excluding carboxylic acids is 3. The minimum absolute atomic E-state index is 0.155. The third-order valence-electron chi connectivity index (χ3n) is 1.44. The number of hydrogen-bond donors (Lipinski definition) is 0. The van der Waals surface area contributed by atoms with Crippen LogP contribution in [0.4, 0.5) is 0 Å². The SMILES string of the molecule is C=C(C)C(=O)OC(C)C(=O)OC(=O)COC. The van der Waals surface area contributed by atoms with Crippen LogP contribution >= 0.6 is 0 Å². The third-order valence-corrected chi connectivity index (χ3v) is 1.44. The minimum Gasteiger partial charge on any atom is -0.447 e. The van der Waals surface area contributed by atoms with Crippen LogP contribution in [0.5, 0.6) is 0 Å². The largest absolute Gasteiger partial charge is 0.447 e. The highest BCUT2D eigenvalue weighted by molar-refractivity contribution is 5.92. The monoisotopic (exact) mass is 230 g/mol. The summed E-state index contributed by atoms with van der Waals surface area (Å²) in [7, 11) is 1.29. The average molecular weight is 230 g/mol. The molecule has 0 aromatic rings. The molecule has 0 heterocycles. The van der Waals surface area contributed by atoms with Gasteiger partial charge in [-0.15, -0.1) is 0 Å². The molecular weight excluding hydrogens is 216 g/mol. The van der Waals surface area contributed by atoms with Crippen LogP contribution in [0, 0.1) is 0 Å². The molecule has 1 unspecified atom stereocenters. The lowest BCUT2D eigenvalue weighted by molar-refractivity contribution is -0.173. The predicted molar refractivity (Wildman–Crippen MR) is 53.3 cm³/mol. The highest BCUT2D eigenvalue weighted by atomic mass is 16.6. The molecule has 0 N–H and O–H groups in total. The van der Waals surface area contributed by atoms with E-state index < -0.39 is 24.0 Å². The molecule has 0 saturated carbocycles. The van der Waals surface area contributed by atoms with E-state index in [1.54, 1.807) is 0 Å². The Kier molecular flexibility index (Phi) is 6.02. The van der Waals surface area contributed by atoms with Gasteiger partial charge >= 0.3 is 17.9 Å². The van der Waals surface area contributed by atoms with E-state index in [0.717, 1.165) is 0 Å². The molecule has 6 heteroatoms. The fourth-order valence-electron chi connectivity index (χ4n) is 0.652. The molecule has 0 bridgehead atoms. The topological polar surface area (TPSA) is 78.9 Å². The maximum absolute atomic E-state index is 11.2. The maximum Gasteiger partial charge on any atom is 0.354 e. The molecule has 0 radical (unpaired) electrons. The van der Waals surface area contributed by atoms with Crippen LogP contribution in [0.2, 0.25) is 0 Å². The van der Waals surface area contributed by atoms with Crippen molar-refractivity contribution in [2.24, 2.45) is 0 Å². The predicted octanol–water partition coefficient (Wildman–Crippen LogP) is 0.210. The van der Waals surface area contributed by atoms with Crippen molar-refractivity contribution in [1.82, 2.24) is 0 Å². The van der Waals surface area contributed by atoms with Crippen molar-refractivity contribution in [3.05, 3.63) is 12.2 Å². The Morgan fingerprint density at radius 2 is 1.88 bits per heavy atom. The van der Waals surface area contributed by atoms with Crippen molar-refractivity contribution in [2.45, 2.75) is 20.0 Å². The van der Waals surface area contributed by atoms with E-state index in [0.29, 0.717) is 0 Å². The highest BCUT2D eigenvalue weighted by Gasteiger charge is 2.22. The number of esters is 3. The molecule has 0 amide bonds. The molecular formula is C10H14O6. The summed E-state index contributed by atoms with van der Waals surface area (Å²) in [6.45, 7) is 5.74. The maximum atomic E-state index is 11.2. The van der Waals surface area contributed by atoms with Gasteiger partial charge in [0.2, 0.25) is 0 Å². The summed E-state index contributed by atoms with van der Waals surface area (Å²) in [4.78, 5) is 33.1. The first-order valence-corrected chi connectivity index (χ1v) is 4.48. The van der Waals surface area contributed by atoms with E-state index in [9.17, 15) is 14.4 Å². The van der Waals surface area contributed by atoms with Crippen LogP contribution < -0.4 is 0 Å². The first kappa shape index (κ1) is 14.3. The first-order valence-electron chi connectivity index (χ1n) is 4.48. The number of ether oxygens (including phenoxy) is 3. The molecule has 90 valence electrons. The van der Waals surface area contributed by atoms with E-state index in [2.05, 4.69) is 20.8 Å². The molecule has 0 aliphatic carbocycles. The molecule has 0 aliphatic rings. The van der Waals surface area contributed by atoms with Crippen molar-refractivity contribution in [3.8, 4) is 0 Å². The summed E-state index contributed by atoms with van der Waals surface area (Å²) in [5.41, 5.74) is 0.155. The van der Waals surface area contributed by atoms with Crippen molar-refractivity contribution in [2.75, 3.05) is 13.7 Å². The molecule has 0 rings (SSSR count). The van der Waals surface area contributed by atoms with Crippen molar-refractivity contribution < 1.29 is 28.6 Å². The zero-order valence-electron chi connectivity index (χ0n) is 9.44. The Labute approximate surface area is 93.2 Å². The van der Waals surface area contributed by atoms with Crippen LogP contribution in [0.15, 0.2) is 12.2 Å². The third kappa shape index (κ3) is 5.26. The summed E-state index contributed by atoms with van der Waals surface area (Å²) in [5.74, 6) is -2.51. The minimum atomic E-state index is -1.16. The molecule has 0 aliphatic heterocycles. The molecule has 6 nitrogen and oxygen atoms in total. The molecule has 0 aromatic carbocycles. The van der Waals surface area contributed by atoms with E-state index in [-0.39, 0.29) is 12.2 Å². The fraction of sp³-hybridized carbons (Fsp3) is 0.500. The number of rotatable bonds is 5. The zero-order valence-corrected chi connectivity index (χ0v) is 9.44. The second-order valence-electron chi connectivity index (χ2n) is 3.05. The zero-order chi connectivity index (χ0) is 12.7. The van der Waals surface area contributed by atoms with Gasteiger partial charge in [-0.05, 0) is 13.8 Å². The number of carbonyl (C=O) groups is 3.